The van der Waals surface area contributed by atoms with Crippen molar-refractivity contribution < 1.29 is 9.90 Å². The minimum Gasteiger partial charge on any atom is -0.480 e. The molecule has 1 aliphatic rings. The van der Waals surface area contributed by atoms with Gasteiger partial charge in [-0.1, -0.05) is 6.92 Å². The summed E-state index contributed by atoms with van der Waals surface area (Å²) in [6.45, 7) is 5.44. The van der Waals surface area contributed by atoms with E-state index in [9.17, 15) is 9.90 Å². The number of aryl methyl sites for hydroxylation is 1. The molecule has 5 heteroatoms. The monoisotopic (exact) mass is 254 g/mol. The summed E-state index contributed by atoms with van der Waals surface area (Å²) >= 11 is 1.62. The van der Waals surface area contributed by atoms with Gasteiger partial charge in [0, 0.05) is 35.9 Å². The minimum absolute atomic E-state index is 0.470. The summed E-state index contributed by atoms with van der Waals surface area (Å²) < 4.78 is 0. The number of thiophene rings is 1. The van der Waals surface area contributed by atoms with Gasteiger partial charge in [-0.2, -0.15) is 0 Å². The van der Waals surface area contributed by atoms with E-state index in [-0.39, 0.29) is 0 Å². The van der Waals surface area contributed by atoms with Crippen LogP contribution >= 0.6 is 11.3 Å². The summed E-state index contributed by atoms with van der Waals surface area (Å²) in [7, 11) is 0. The fourth-order valence-electron chi connectivity index (χ4n) is 2.13. The molecule has 0 bridgehead atoms. The third-order valence-corrected chi connectivity index (χ3v) is 4.33. The third-order valence-electron chi connectivity index (χ3n) is 3.05. The van der Waals surface area contributed by atoms with Crippen LogP contribution in [0.2, 0.25) is 0 Å². The third kappa shape index (κ3) is 2.86. The Balaban J connectivity index is 2.18. The number of rotatable bonds is 4. The van der Waals surface area contributed by atoms with Crippen molar-refractivity contribution in [2.45, 2.75) is 19.4 Å². The Morgan fingerprint density at radius 3 is 2.76 bits per heavy atom. The highest BCUT2D eigenvalue weighted by Gasteiger charge is 2.29. The summed E-state index contributed by atoms with van der Waals surface area (Å²) in [6, 6.07) is 3.53. The van der Waals surface area contributed by atoms with Crippen molar-refractivity contribution in [2.24, 2.45) is 0 Å². The highest BCUT2D eigenvalue weighted by Crippen LogP contribution is 2.28. The van der Waals surface area contributed by atoms with Gasteiger partial charge >= 0.3 is 5.97 Å². The first-order valence-electron chi connectivity index (χ1n) is 5.98. The predicted octanol–water partition coefficient (Wildman–Crippen LogP) is 1.34. The van der Waals surface area contributed by atoms with Crippen LogP contribution in [0.25, 0.3) is 0 Å². The average Bonchev–Trinajstić information content (AvgIpc) is 2.79. The zero-order valence-electron chi connectivity index (χ0n) is 9.98. The van der Waals surface area contributed by atoms with Crippen LogP contribution in [0.15, 0.2) is 12.1 Å². The van der Waals surface area contributed by atoms with Crippen LogP contribution in [0.1, 0.15) is 22.7 Å². The maximum atomic E-state index is 11.4. The summed E-state index contributed by atoms with van der Waals surface area (Å²) in [6.07, 6.45) is 0.971. The number of piperazine rings is 1. The van der Waals surface area contributed by atoms with Crippen molar-refractivity contribution in [2.75, 3.05) is 26.2 Å². The Kier molecular flexibility index (Phi) is 4.15. The van der Waals surface area contributed by atoms with E-state index in [1.807, 2.05) is 17.0 Å². The molecule has 1 aromatic heterocycles. The molecule has 1 unspecified atom stereocenters. The van der Waals surface area contributed by atoms with Crippen molar-refractivity contribution in [1.82, 2.24) is 10.2 Å². The highest BCUT2D eigenvalue weighted by molar-refractivity contribution is 7.12. The van der Waals surface area contributed by atoms with E-state index in [2.05, 4.69) is 12.2 Å². The van der Waals surface area contributed by atoms with Gasteiger partial charge in [-0.05, 0) is 18.6 Å². The lowest BCUT2D eigenvalue weighted by Gasteiger charge is -2.31. The molecule has 2 rings (SSSR count). The molecule has 0 aromatic carbocycles. The van der Waals surface area contributed by atoms with Crippen molar-refractivity contribution in [3.63, 3.8) is 0 Å². The molecule has 1 saturated heterocycles. The molecule has 0 radical (unpaired) electrons. The molecule has 1 fully saturated rings. The summed E-state index contributed by atoms with van der Waals surface area (Å²) in [5.74, 6) is -0.739. The highest BCUT2D eigenvalue weighted by atomic mass is 32.1. The molecule has 0 amide bonds. The van der Waals surface area contributed by atoms with E-state index in [1.165, 1.54) is 4.88 Å². The van der Waals surface area contributed by atoms with Crippen LogP contribution in [0, 0.1) is 0 Å². The second kappa shape index (κ2) is 5.62. The van der Waals surface area contributed by atoms with Crippen molar-refractivity contribution in [3.05, 3.63) is 21.9 Å². The fourth-order valence-corrected chi connectivity index (χ4v) is 3.21. The predicted molar refractivity (Wildman–Crippen MR) is 68.5 cm³/mol. The van der Waals surface area contributed by atoms with Gasteiger partial charge < -0.3 is 10.4 Å². The van der Waals surface area contributed by atoms with E-state index in [4.69, 9.17) is 0 Å². The van der Waals surface area contributed by atoms with Crippen molar-refractivity contribution >= 4 is 17.3 Å². The first kappa shape index (κ1) is 12.5. The lowest BCUT2D eigenvalue weighted by atomic mass is 10.2. The Hall–Kier alpha value is -0.910. The number of carbonyl (C=O) groups is 1. The second-order valence-electron chi connectivity index (χ2n) is 4.18. The number of hydrogen-bond acceptors (Lipinski definition) is 4. The van der Waals surface area contributed by atoms with E-state index in [0.717, 1.165) is 37.5 Å². The lowest BCUT2D eigenvalue weighted by Crippen LogP contribution is -2.46. The molecule has 94 valence electrons. The molecule has 1 aromatic rings. The molecular formula is C12H18N2O2S. The summed E-state index contributed by atoms with van der Waals surface area (Å²) in [5, 5.41) is 12.7. The van der Waals surface area contributed by atoms with E-state index in [1.54, 1.807) is 11.3 Å². The summed E-state index contributed by atoms with van der Waals surface area (Å²) in [4.78, 5) is 15.7. The zero-order chi connectivity index (χ0) is 12.3. The van der Waals surface area contributed by atoms with E-state index >= 15 is 0 Å². The molecule has 0 aliphatic carbocycles. The second-order valence-corrected chi connectivity index (χ2v) is 5.38. The zero-order valence-corrected chi connectivity index (χ0v) is 10.8. The van der Waals surface area contributed by atoms with Crippen LogP contribution < -0.4 is 5.32 Å². The standard InChI is InChI=1S/C12H18N2O2S/c1-2-9-3-4-10(17-9)11(12(15)16)14-7-5-13-6-8-14/h3-4,11,13H,2,5-8H2,1H3,(H,15,16). The Morgan fingerprint density at radius 2 is 2.24 bits per heavy atom. The fraction of sp³-hybridized carbons (Fsp3) is 0.583. The van der Waals surface area contributed by atoms with Gasteiger partial charge in [-0.15, -0.1) is 11.3 Å². The van der Waals surface area contributed by atoms with Crippen molar-refractivity contribution in [1.29, 1.82) is 0 Å². The van der Waals surface area contributed by atoms with Crippen LogP contribution in [-0.2, 0) is 11.2 Å². The first-order chi connectivity index (χ1) is 8.22. The number of hydrogen-bond donors (Lipinski definition) is 2. The molecule has 1 atom stereocenters. The Bertz CT molecular complexity index is 386. The number of nitrogens with zero attached hydrogens (tertiary/aromatic N) is 1. The molecule has 2 heterocycles. The first-order valence-corrected chi connectivity index (χ1v) is 6.80. The number of carboxylic acid groups (broad SMARTS) is 1. The Labute approximate surface area is 105 Å². The van der Waals surface area contributed by atoms with Crippen LogP contribution in [0.5, 0.6) is 0 Å². The number of nitrogens with one attached hydrogen (secondary N) is 1. The lowest BCUT2D eigenvalue weighted by molar-refractivity contribution is -0.143. The maximum absolute atomic E-state index is 11.4. The SMILES string of the molecule is CCc1ccc(C(C(=O)O)N2CCNCC2)s1. The largest absolute Gasteiger partial charge is 0.480 e. The van der Waals surface area contributed by atoms with Gasteiger partial charge in [0.25, 0.3) is 0 Å². The topological polar surface area (TPSA) is 52.6 Å². The molecule has 2 N–H and O–H groups in total. The average molecular weight is 254 g/mol. The van der Waals surface area contributed by atoms with Crippen molar-refractivity contribution in [3.8, 4) is 0 Å². The molecule has 0 saturated carbocycles. The normalized spacial score (nSPS) is 19.1. The van der Waals surface area contributed by atoms with Gasteiger partial charge in [0.15, 0.2) is 0 Å². The Morgan fingerprint density at radius 1 is 1.53 bits per heavy atom. The maximum Gasteiger partial charge on any atom is 0.326 e. The molecule has 1 aliphatic heterocycles. The van der Waals surface area contributed by atoms with Gasteiger partial charge in [0.2, 0.25) is 0 Å². The number of aliphatic carboxylic acids is 1. The van der Waals surface area contributed by atoms with Crippen LogP contribution in [-0.4, -0.2) is 42.2 Å². The molecule has 17 heavy (non-hydrogen) atoms. The van der Waals surface area contributed by atoms with Gasteiger partial charge in [0.1, 0.15) is 6.04 Å². The van der Waals surface area contributed by atoms with Gasteiger partial charge in [-0.3, -0.25) is 9.69 Å². The van der Waals surface area contributed by atoms with E-state index < -0.39 is 12.0 Å². The van der Waals surface area contributed by atoms with Crippen LogP contribution in [0.3, 0.4) is 0 Å². The molecular weight excluding hydrogens is 236 g/mol. The van der Waals surface area contributed by atoms with Crippen LogP contribution in [0.4, 0.5) is 0 Å². The smallest absolute Gasteiger partial charge is 0.326 e. The van der Waals surface area contributed by atoms with E-state index in [0.29, 0.717) is 0 Å². The molecule has 0 spiro atoms. The minimum atomic E-state index is -0.739. The van der Waals surface area contributed by atoms with Gasteiger partial charge in [0.05, 0.1) is 0 Å². The summed E-state index contributed by atoms with van der Waals surface area (Å²) in [5.41, 5.74) is 0. The number of carboxylic acids is 1. The van der Waals surface area contributed by atoms with Gasteiger partial charge in [-0.25, -0.2) is 0 Å². The quantitative estimate of drug-likeness (QED) is 0.851. The molecule has 4 nitrogen and oxygen atoms in total.